The molecule has 6 nitrogen and oxygen atoms in total. The minimum absolute atomic E-state index is 0.0632. The quantitative estimate of drug-likeness (QED) is 0.483. The molecule has 0 saturated carbocycles. The number of halogens is 1. The summed E-state index contributed by atoms with van der Waals surface area (Å²) in [7, 11) is 1.62. The number of hydrogen-bond acceptors (Lipinski definition) is 3. The summed E-state index contributed by atoms with van der Waals surface area (Å²) >= 11 is 11.9. The summed E-state index contributed by atoms with van der Waals surface area (Å²) in [6.07, 6.45) is 0. The number of methoxy groups -OCH3 is 1. The van der Waals surface area contributed by atoms with Crippen LogP contribution >= 0.6 is 23.8 Å². The number of hydrogen-bond donors (Lipinski definition) is 3. The number of aryl methyl sites for hydroxylation is 2. The first-order valence-electron chi connectivity index (χ1n) is 8.82. The number of anilines is 1. The molecule has 0 spiro atoms. The van der Waals surface area contributed by atoms with Crippen molar-refractivity contribution in [2.24, 2.45) is 0 Å². The highest BCUT2D eigenvalue weighted by Crippen LogP contribution is 2.27. The maximum atomic E-state index is 11.9. The number of nitrogens with zero attached hydrogens (tertiary/aromatic N) is 1. The van der Waals surface area contributed by atoms with Crippen LogP contribution in [-0.4, -0.2) is 68.9 Å². The summed E-state index contributed by atoms with van der Waals surface area (Å²) in [5.74, 6) is 0.0632. The van der Waals surface area contributed by atoms with Gasteiger partial charge in [-0.2, -0.15) is 0 Å². The molecule has 1 aromatic rings. The highest BCUT2D eigenvalue weighted by Gasteiger charge is 2.24. The molecule has 1 saturated heterocycles. The third kappa shape index (κ3) is 6.09. The third-order valence-electron chi connectivity index (χ3n) is 4.46. The van der Waals surface area contributed by atoms with E-state index in [0.29, 0.717) is 29.8 Å². The molecular weight excluding hydrogens is 372 g/mol. The van der Waals surface area contributed by atoms with Crippen molar-refractivity contribution in [2.45, 2.75) is 13.8 Å². The molecule has 26 heavy (non-hydrogen) atoms. The monoisotopic (exact) mass is 399 g/mol. The smallest absolute Gasteiger partial charge is 0.275 e. The highest BCUT2D eigenvalue weighted by atomic mass is 35.5. The first-order chi connectivity index (χ1) is 12.4. The minimum atomic E-state index is 0.0632. The van der Waals surface area contributed by atoms with E-state index in [0.717, 1.165) is 43.0 Å². The normalized spacial score (nSPS) is 15.0. The van der Waals surface area contributed by atoms with Crippen LogP contribution in [0, 0.1) is 13.8 Å². The van der Waals surface area contributed by atoms with Gasteiger partial charge in [0.1, 0.15) is 0 Å². The average molecular weight is 400 g/mol. The zero-order valence-electron chi connectivity index (χ0n) is 15.7. The van der Waals surface area contributed by atoms with E-state index in [-0.39, 0.29) is 5.91 Å². The molecule has 0 radical (unpaired) electrons. The third-order valence-corrected chi connectivity index (χ3v) is 5.12. The van der Waals surface area contributed by atoms with Crippen LogP contribution < -0.4 is 15.5 Å². The van der Waals surface area contributed by atoms with Crippen LogP contribution in [0.3, 0.4) is 0 Å². The van der Waals surface area contributed by atoms with Gasteiger partial charge >= 0.3 is 0 Å². The van der Waals surface area contributed by atoms with E-state index in [4.69, 9.17) is 28.6 Å². The molecular formula is C18H28ClN4O2S+. The zero-order chi connectivity index (χ0) is 19.1. The average Bonchev–Trinajstić information content (AvgIpc) is 2.58. The van der Waals surface area contributed by atoms with Crippen molar-refractivity contribution in [1.29, 1.82) is 0 Å². The van der Waals surface area contributed by atoms with Crippen molar-refractivity contribution < 1.29 is 14.4 Å². The summed E-state index contributed by atoms with van der Waals surface area (Å²) < 4.78 is 4.94. The minimum Gasteiger partial charge on any atom is -0.383 e. The molecule has 2 rings (SSSR count). The standard InChI is InChI=1S/C18H27ClN4O2S/c1-13-10-14(2)17(15(19)11-13)21-18(26)23-7-5-22(6-8-23)12-16(24)20-4-9-25-3/h10-11H,4-9,12H2,1-3H3,(H,20,24)(H,21,26)/p+1. The van der Waals surface area contributed by atoms with Gasteiger partial charge in [-0.25, -0.2) is 0 Å². The lowest BCUT2D eigenvalue weighted by molar-refractivity contribution is -0.895. The lowest BCUT2D eigenvalue weighted by atomic mass is 10.1. The van der Waals surface area contributed by atoms with Crippen LogP contribution in [0.2, 0.25) is 5.02 Å². The van der Waals surface area contributed by atoms with Gasteiger partial charge in [-0.1, -0.05) is 17.7 Å². The van der Waals surface area contributed by atoms with E-state index >= 15 is 0 Å². The van der Waals surface area contributed by atoms with Crippen LogP contribution in [0.1, 0.15) is 11.1 Å². The van der Waals surface area contributed by atoms with Gasteiger partial charge < -0.3 is 25.2 Å². The second-order valence-corrected chi connectivity index (χ2v) is 7.42. The number of ether oxygens (including phenoxy) is 1. The Labute approximate surface area is 165 Å². The number of rotatable bonds is 6. The molecule has 1 aromatic carbocycles. The van der Waals surface area contributed by atoms with E-state index in [1.54, 1.807) is 7.11 Å². The summed E-state index contributed by atoms with van der Waals surface area (Å²) in [6.45, 7) is 9.00. The van der Waals surface area contributed by atoms with Crippen LogP contribution in [0.25, 0.3) is 0 Å². The maximum Gasteiger partial charge on any atom is 0.275 e. The van der Waals surface area contributed by atoms with E-state index in [2.05, 4.69) is 21.6 Å². The van der Waals surface area contributed by atoms with Crippen molar-refractivity contribution in [3.05, 3.63) is 28.3 Å². The van der Waals surface area contributed by atoms with Gasteiger partial charge in [0.15, 0.2) is 11.7 Å². The van der Waals surface area contributed by atoms with E-state index in [9.17, 15) is 4.79 Å². The number of carbonyl (C=O) groups is 1. The topological polar surface area (TPSA) is 58.0 Å². The van der Waals surface area contributed by atoms with Gasteiger partial charge in [0.25, 0.3) is 5.91 Å². The number of nitrogens with one attached hydrogen (secondary N) is 3. The van der Waals surface area contributed by atoms with E-state index in [1.165, 1.54) is 4.90 Å². The number of benzene rings is 1. The van der Waals surface area contributed by atoms with Gasteiger partial charge in [0, 0.05) is 13.7 Å². The van der Waals surface area contributed by atoms with Crippen molar-refractivity contribution >= 4 is 40.5 Å². The Kier molecular flexibility index (Phi) is 8.09. The predicted octanol–water partition coefficient (Wildman–Crippen LogP) is 0.617. The number of thiocarbonyl (C=S) groups is 1. The van der Waals surface area contributed by atoms with Gasteiger partial charge in [-0.3, -0.25) is 4.79 Å². The van der Waals surface area contributed by atoms with Crippen LogP contribution in [0.4, 0.5) is 5.69 Å². The molecule has 1 amide bonds. The molecule has 144 valence electrons. The Morgan fingerprint density at radius 2 is 2.04 bits per heavy atom. The summed E-state index contributed by atoms with van der Waals surface area (Å²) in [5, 5.41) is 7.52. The Morgan fingerprint density at radius 1 is 1.35 bits per heavy atom. The van der Waals surface area contributed by atoms with Crippen LogP contribution in [0.15, 0.2) is 12.1 Å². The molecule has 8 heteroatoms. The van der Waals surface area contributed by atoms with Crippen LogP contribution in [-0.2, 0) is 9.53 Å². The zero-order valence-corrected chi connectivity index (χ0v) is 17.2. The first-order valence-corrected chi connectivity index (χ1v) is 9.61. The molecule has 0 atom stereocenters. The lowest BCUT2D eigenvalue weighted by Gasteiger charge is -2.33. The summed E-state index contributed by atoms with van der Waals surface area (Å²) in [6, 6.07) is 4.02. The maximum absolute atomic E-state index is 11.9. The van der Waals surface area contributed by atoms with Gasteiger partial charge in [0.05, 0.1) is 43.5 Å². The number of carbonyl (C=O) groups excluding carboxylic acids is 1. The number of amides is 1. The van der Waals surface area contributed by atoms with Crippen molar-refractivity contribution in [1.82, 2.24) is 10.2 Å². The van der Waals surface area contributed by atoms with Gasteiger partial charge in [-0.15, -0.1) is 0 Å². The summed E-state index contributed by atoms with van der Waals surface area (Å²) in [5.41, 5.74) is 3.08. The first kappa shape index (κ1) is 20.9. The molecule has 0 aliphatic carbocycles. The van der Waals surface area contributed by atoms with Crippen LogP contribution in [0.5, 0.6) is 0 Å². The van der Waals surface area contributed by atoms with E-state index < -0.39 is 0 Å². The fourth-order valence-corrected chi connectivity index (χ4v) is 3.70. The largest absolute Gasteiger partial charge is 0.383 e. The van der Waals surface area contributed by atoms with Gasteiger partial charge in [-0.05, 0) is 43.3 Å². The molecule has 0 unspecified atom stereocenters. The fourth-order valence-electron chi connectivity index (χ4n) is 3.04. The highest BCUT2D eigenvalue weighted by molar-refractivity contribution is 7.80. The SMILES string of the molecule is COCCNC(=O)C[NH+]1CCN(C(=S)Nc2c(C)cc(C)cc2Cl)CC1. The molecule has 1 heterocycles. The lowest BCUT2D eigenvalue weighted by Crippen LogP contribution is -3.15. The Hall–Kier alpha value is -1.41. The summed E-state index contributed by atoms with van der Waals surface area (Å²) in [4.78, 5) is 15.3. The van der Waals surface area contributed by atoms with E-state index in [1.807, 2.05) is 19.9 Å². The molecule has 0 aromatic heterocycles. The molecule has 1 fully saturated rings. The van der Waals surface area contributed by atoms with Crippen molar-refractivity contribution in [2.75, 3.05) is 58.3 Å². The van der Waals surface area contributed by atoms with Crippen molar-refractivity contribution in [3.8, 4) is 0 Å². The Morgan fingerprint density at radius 3 is 2.65 bits per heavy atom. The number of piperazine rings is 1. The molecule has 1 aliphatic heterocycles. The molecule has 1 aliphatic rings. The second kappa shape index (κ2) is 10.1. The van der Waals surface area contributed by atoms with Crippen molar-refractivity contribution in [3.63, 3.8) is 0 Å². The Bertz CT molecular complexity index is 625. The fraction of sp³-hybridized carbons (Fsp3) is 0.556. The molecule has 3 N–H and O–H groups in total. The Balaban J connectivity index is 1.80. The van der Waals surface area contributed by atoms with Gasteiger partial charge in [0.2, 0.25) is 0 Å². The predicted molar refractivity (Wildman–Crippen MR) is 109 cm³/mol. The second-order valence-electron chi connectivity index (χ2n) is 6.63. The molecule has 0 bridgehead atoms. The number of quaternary nitrogens is 1.